The second-order valence-electron chi connectivity index (χ2n) is 6.77. The van der Waals surface area contributed by atoms with Crippen molar-refractivity contribution in [2.75, 3.05) is 5.32 Å². The summed E-state index contributed by atoms with van der Waals surface area (Å²) in [6.07, 6.45) is 8.42. The summed E-state index contributed by atoms with van der Waals surface area (Å²) in [6, 6.07) is 5.83. The van der Waals surface area contributed by atoms with Gasteiger partial charge in [-0.2, -0.15) is 0 Å². The van der Waals surface area contributed by atoms with Crippen LogP contribution in [0.4, 0.5) is 10.6 Å². The van der Waals surface area contributed by atoms with E-state index in [9.17, 15) is 4.79 Å². The zero-order valence-electron chi connectivity index (χ0n) is 11.6. The zero-order chi connectivity index (χ0) is 13.5. The van der Waals surface area contributed by atoms with Gasteiger partial charge >= 0.3 is 6.03 Å². The standard InChI is InChI=1S/C16H21N3O/c20-16(18-14-3-1-2-4-17-14)19-15-12-6-10-5-11(8-12)9-13(15)7-10/h1-4,10-13,15H,5-9H2,(H2,17,18,19,20). The van der Waals surface area contributed by atoms with Gasteiger partial charge in [-0.05, 0) is 67.9 Å². The summed E-state index contributed by atoms with van der Waals surface area (Å²) in [5.41, 5.74) is 0. The van der Waals surface area contributed by atoms with Crippen LogP contribution in [0, 0.1) is 23.7 Å². The molecular weight excluding hydrogens is 250 g/mol. The van der Waals surface area contributed by atoms with Gasteiger partial charge in [0.1, 0.15) is 5.82 Å². The van der Waals surface area contributed by atoms with Crippen molar-refractivity contribution in [3.05, 3.63) is 24.4 Å². The van der Waals surface area contributed by atoms with Crippen molar-refractivity contribution >= 4 is 11.8 Å². The number of anilines is 1. The molecule has 20 heavy (non-hydrogen) atoms. The molecule has 4 heteroatoms. The van der Waals surface area contributed by atoms with Gasteiger partial charge in [-0.3, -0.25) is 5.32 Å². The lowest BCUT2D eigenvalue weighted by Crippen LogP contribution is -2.56. The molecule has 2 N–H and O–H groups in total. The second kappa shape index (κ2) is 4.76. The van der Waals surface area contributed by atoms with E-state index in [0.29, 0.717) is 23.7 Å². The highest BCUT2D eigenvalue weighted by Crippen LogP contribution is 2.53. The molecule has 4 aliphatic rings. The lowest BCUT2D eigenvalue weighted by atomic mass is 9.54. The Morgan fingerprint density at radius 2 is 1.75 bits per heavy atom. The predicted octanol–water partition coefficient (Wildman–Crippen LogP) is 3.03. The Morgan fingerprint density at radius 3 is 2.35 bits per heavy atom. The Labute approximate surface area is 119 Å². The van der Waals surface area contributed by atoms with E-state index in [-0.39, 0.29) is 6.03 Å². The van der Waals surface area contributed by atoms with E-state index in [1.807, 2.05) is 18.2 Å². The summed E-state index contributed by atoms with van der Waals surface area (Å²) in [6.45, 7) is 0. The fraction of sp³-hybridized carbons (Fsp3) is 0.625. The molecule has 1 aromatic heterocycles. The Hall–Kier alpha value is -1.58. The molecule has 2 amide bonds. The Balaban J connectivity index is 1.40. The van der Waals surface area contributed by atoms with Gasteiger partial charge in [0.2, 0.25) is 0 Å². The van der Waals surface area contributed by atoms with Crippen LogP contribution in [0.25, 0.3) is 0 Å². The van der Waals surface area contributed by atoms with Crippen molar-refractivity contribution in [1.82, 2.24) is 10.3 Å². The smallest absolute Gasteiger partial charge is 0.320 e. The summed E-state index contributed by atoms with van der Waals surface area (Å²) in [5, 5.41) is 6.06. The number of amides is 2. The van der Waals surface area contributed by atoms with Gasteiger partial charge in [0.15, 0.2) is 0 Å². The fourth-order valence-electron chi connectivity index (χ4n) is 4.90. The number of carbonyl (C=O) groups excluding carboxylic acids is 1. The zero-order valence-corrected chi connectivity index (χ0v) is 11.6. The Bertz CT molecular complexity index is 474. The van der Waals surface area contributed by atoms with E-state index < -0.39 is 0 Å². The lowest BCUT2D eigenvalue weighted by molar-refractivity contribution is -0.00883. The van der Waals surface area contributed by atoms with Crippen LogP contribution in [0.2, 0.25) is 0 Å². The Morgan fingerprint density at radius 1 is 1.05 bits per heavy atom. The molecule has 0 aliphatic heterocycles. The van der Waals surface area contributed by atoms with Crippen molar-refractivity contribution < 1.29 is 4.79 Å². The molecule has 106 valence electrons. The van der Waals surface area contributed by atoms with Gasteiger partial charge in [0, 0.05) is 12.2 Å². The molecule has 0 unspecified atom stereocenters. The first-order valence-corrected chi connectivity index (χ1v) is 7.76. The minimum absolute atomic E-state index is 0.0961. The van der Waals surface area contributed by atoms with Crippen LogP contribution >= 0.6 is 0 Å². The molecule has 4 saturated carbocycles. The number of carbonyl (C=O) groups is 1. The van der Waals surface area contributed by atoms with Gasteiger partial charge in [-0.1, -0.05) is 6.07 Å². The number of nitrogens with zero attached hydrogens (tertiary/aromatic N) is 1. The lowest BCUT2D eigenvalue weighted by Gasteiger charge is -2.54. The largest absolute Gasteiger partial charge is 0.335 e. The van der Waals surface area contributed by atoms with E-state index in [0.717, 1.165) is 11.8 Å². The quantitative estimate of drug-likeness (QED) is 0.868. The number of aromatic nitrogens is 1. The molecule has 4 fully saturated rings. The number of urea groups is 1. The van der Waals surface area contributed by atoms with Gasteiger partial charge in [-0.15, -0.1) is 0 Å². The van der Waals surface area contributed by atoms with Crippen molar-refractivity contribution in [2.24, 2.45) is 23.7 Å². The van der Waals surface area contributed by atoms with Crippen molar-refractivity contribution in [1.29, 1.82) is 0 Å². The van der Waals surface area contributed by atoms with Crippen molar-refractivity contribution in [3.63, 3.8) is 0 Å². The average molecular weight is 271 g/mol. The summed E-state index contributed by atoms with van der Waals surface area (Å²) >= 11 is 0. The molecular formula is C16H21N3O. The van der Waals surface area contributed by atoms with Crippen LogP contribution in [-0.2, 0) is 0 Å². The van der Waals surface area contributed by atoms with E-state index >= 15 is 0 Å². The highest BCUT2D eigenvalue weighted by Gasteiger charge is 2.48. The molecule has 0 atom stereocenters. The van der Waals surface area contributed by atoms with Crippen LogP contribution in [0.5, 0.6) is 0 Å². The molecule has 4 nitrogen and oxygen atoms in total. The molecule has 0 radical (unpaired) electrons. The summed E-state index contributed by atoms with van der Waals surface area (Å²) in [5.74, 6) is 3.92. The molecule has 4 bridgehead atoms. The third kappa shape index (κ3) is 2.17. The average Bonchev–Trinajstić information content (AvgIpc) is 2.43. The van der Waals surface area contributed by atoms with E-state index in [1.165, 1.54) is 32.1 Å². The van der Waals surface area contributed by atoms with Crippen LogP contribution in [0.1, 0.15) is 32.1 Å². The predicted molar refractivity (Wildman–Crippen MR) is 77.2 cm³/mol. The summed E-state index contributed by atoms with van der Waals surface area (Å²) < 4.78 is 0. The fourth-order valence-corrected chi connectivity index (χ4v) is 4.90. The van der Waals surface area contributed by atoms with E-state index in [1.54, 1.807) is 6.20 Å². The van der Waals surface area contributed by atoms with Gasteiger partial charge < -0.3 is 5.32 Å². The third-order valence-electron chi connectivity index (χ3n) is 5.43. The minimum atomic E-state index is -0.0961. The Kier molecular flexibility index (Phi) is 2.90. The maximum atomic E-state index is 12.1. The number of nitrogens with one attached hydrogen (secondary N) is 2. The first-order valence-electron chi connectivity index (χ1n) is 7.76. The van der Waals surface area contributed by atoms with Crippen molar-refractivity contribution in [2.45, 2.75) is 38.1 Å². The van der Waals surface area contributed by atoms with E-state index in [2.05, 4.69) is 15.6 Å². The summed E-state index contributed by atoms with van der Waals surface area (Å²) in [7, 11) is 0. The molecule has 4 aliphatic carbocycles. The van der Waals surface area contributed by atoms with Crippen LogP contribution in [-0.4, -0.2) is 17.1 Å². The normalized spacial score (nSPS) is 37.7. The van der Waals surface area contributed by atoms with Crippen molar-refractivity contribution in [3.8, 4) is 0 Å². The second-order valence-corrected chi connectivity index (χ2v) is 6.77. The molecule has 1 heterocycles. The third-order valence-corrected chi connectivity index (χ3v) is 5.43. The van der Waals surface area contributed by atoms with E-state index in [4.69, 9.17) is 0 Å². The first kappa shape index (κ1) is 12.2. The van der Waals surface area contributed by atoms with Gasteiger partial charge in [0.25, 0.3) is 0 Å². The number of rotatable bonds is 2. The van der Waals surface area contributed by atoms with Gasteiger partial charge in [-0.25, -0.2) is 9.78 Å². The summed E-state index contributed by atoms with van der Waals surface area (Å²) in [4.78, 5) is 16.3. The van der Waals surface area contributed by atoms with Crippen LogP contribution in [0.15, 0.2) is 24.4 Å². The SMILES string of the molecule is O=C(Nc1ccccn1)NC1C2CC3CC(C2)CC1C3. The monoisotopic (exact) mass is 271 g/mol. The first-order chi connectivity index (χ1) is 9.78. The number of hydrogen-bond donors (Lipinski definition) is 2. The highest BCUT2D eigenvalue weighted by atomic mass is 16.2. The number of pyridine rings is 1. The van der Waals surface area contributed by atoms with Gasteiger partial charge in [0.05, 0.1) is 0 Å². The molecule has 0 aromatic carbocycles. The molecule has 0 spiro atoms. The highest BCUT2D eigenvalue weighted by molar-refractivity contribution is 5.88. The molecule has 5 rings (SSSR count). The molecule has 1 aromatic rings. The maximum absolute atomic E-state index is 12.1. The minimum Gasteiger partial charge on any atom is -0.335 e. The topological polar surface area (TPSA) is 54.0 Å². The maximum Gasteiger partial charge on any atom is 0.320 e. The van der Waals surface area contributed by atoms with Crippen LogP contribution in [0.3, 0.4) is 0 Å². The number of hydrogen-bond acceptors (Lipinski definition) is 2. The van der Waals surface area contributed by atoms with Crippen LogP contribution < -0.4 is 10.6 Å². The molecule has 0 saturated heterocycles.